The maximum absolute atomic E-state index is 13.3. The zero-order valence-electron chi connectivity index (χ0n) is 19.3. The SMILES string of the molecule is Cc1ccc(S(=O)(=O)N2c3ccc(C(=O)N[C@H](C)CCc4ccccc4)cc3C[C@@H]2C)cc1. The van der Waals surface area contributed by atoms with E-state index in [2.05, 4.69) is 17.4 Å². The lowest BCUT2D eigenvalue weighted by Crippen LogP contribution is -2.35. The third kappa shape index (κ3) is 4.96. The highest BCUT2D eigenvalue weighted by atomic mass is 32.2. The molecule has 33 heavy (non-hydrogen) atoms. The van der Waals surface area contributed by atoms with Crippen molar-refractivity contribution in [1.82, 2.24) is 5.32 Å². The van der Waals surface area contributed by atoms with Crippen molar-refractivity contribution < 1.29 is 13.2 Å². The summed E-state index contributed by atoms with van der Waals surface area (Å²) in [4.78, 5) is 13.1. The molecule has 0 radical (unpaired) electrons. The van der Waals surface area contributed by atoms with Gasteiger partial charge in [-0.15, -0.1) is 0 Å². The summed E-state index contributed by atoms with van der Waals surface area (Å²) in [7, 11) is -3.67. The quantitative estimate of drug-likeness (QED) is 0.544. The van der Waals surface area contributed by atoms with Gasteiger partial charge in [0.25, 0.3) is 15.9 Å². The Morgan fingerprint density at radius 1 is 1.06 bits per heavy atom. The number of benzene rings is 3. The maximum atomic E-state index is 13.3. The smallest absolute Gasteiger partial charge is 0.264 e. The summed E-state index contributed by atoms with van der Waals surface area (Å²) in [6, 6.07) is 22.2. The molecule has 0 aromatic heterocycles. The summed E-state index contributed by atoms with van der Waals surface area (Å²) < 4.78 is 28.1. The summed E-state index contributed by atoms with van der Waals surface area (Å²) in [5, 5.41) is 3.07. The van der Waals surface area contributed by atoms with Crippen LogP contribution in [0.15, 0.2) is 77.7 Å². The van der Waals surface area contributed by atoms with Gasteiger partial charge in [-0.2, -0.15) is 0 Å². The monoisotopic (exact) mass is 462 g/mol. The third-order valence-corrected chi connectivity index (χ3v) is 8.10. The van der Waals surface area contributed by atoms with Crippen LogP contribution in [0.1, 0.15) is 47.3 Å². The van der Waals surface area contributed by atoms with E-state index in [-0.39, 0.29) is 22.9 Å². The molecule has 3 aromatic carbocycles. The van der Waals surface area contributed by atoms with Gasteiger partial charge >= 0.3 is 0 Å². The zero-order chi connectivity index (χ0) is 23.6. The summed E-state index contributed by atoms with van der Waals surface area (Å²) in [6.07, 6.45) is 2.32. The van der Waals surface area contributed by atoms with Crippen LogP contribution < -0.4 is 9.62 Å². The van der Waals surface area contributed by atoms with Crippen molar-refractivity contribution in [2.75, 3.05) is 4.31 Å². The van der Waals surface area contributed by atoms with Crippen LogP contribution in [-0.2, 0) is 22.9 Å². The number of nitrogens with zero attached hydrogens (tertiary/aromatic N) is 1. The molecule has 1 amide bonds. The van der Waals surface area contributed by atoms with Crippen molar-refractivity contribution in [3.05, 3.63) is 95.1 Å². The van der Waals surface area contributed by atoms with Gasteiger partial charge in [-0.25, -0.2) is 8.42 Å². The Hall–Kier alpha value is -3.12. The molecule has 5 nitrogen and oxygen atoms in total. The van der Waals surface area contributed by atoms with E-state index in [9.17, 15) is 13.2 Å². The molecule has 2 atom stereocenters. The first-order valence-electron chi connectivity index (χ1n) is 11.3. The molecule has 1 aliphatic heterocycles. The van der Waals surface area contributed by atoms with E-state index >= 15 is 0 Å². The van der Waals surface area contributed by atoms with Crippen molar-refractivity contribution in [2.24, 2.45) is 0 Å². The van der Waals surface area contributed by atoms with Crippen LogP contribution in [0.3, 0.4) is 0 Å². The Labute approximate surface area is 196 Å². The standard InChI is InChI=1S/C27H30N2O3S/c1-19-9-14-25(15-10-19)33(31,32)29-21(3)17-24-18-23(13-16-26(24)29)27(30)28-20(2)11-12-22-7-5-4-6-8-22/h4-10,13-16,18,20-21H,11-12,17H2,1-3H3,(H,28,30)/t20-,21+/m1/s1. The molecule has 6 heteroatoms. The lowest BCUT2D eigenvalue weighted by Gasteiger charge is -2.24. The number of nitrogens with one attached hydrogen (secondary N) is 1. The minimum absolute atomic E-state index is 0.0308. The minimum atomic E-state index is -3.67. The van der Waals surface area contributed by atoms with E-state index in [1.165, 1.54) is 9.87 Å². The lowest BCUT2D eigenvalue weighted by molar-refractivity contribution is 0.0938. The van der Waals surface area contributed by atoms with Crippen LogP contribution >= 0.6 is 0 Å². The Balaban J connectivity index is 1.48. The van der Waals surface area contributed by atoms with E-state index < -0.39 is 10.0 Å². The number of sulfonamides is 1. The predicted molar refractivity (Wildman–Crippen MR) is 132 cm³/mol. The highest BCUT2D eigenvalue weighted by molar-refractivity contribution is 7.92. The molecule has 0 saturated carbocycles. The van der Waals surface area contributed by atoms with E-state index in [0.717, 1.165) is 24.0 Å². The van der Waals surface area contributed by atoms with Crippen LogP contribution in [0.4, 0.5) is 5.69 Å². The number of carbonyl (C=O) groups is 1. The Bertz CT molecular complexity index is 1240. The molecular weight excluding hydrogens is 432 g/mol. The average Bonchev–Trinajstić information content (AvgIpc) is 3.14. The van der Waals surface area contributed by atoms with Crippen LogP contribution in [0, 0.1) is 6.92 Å². The van der Waals surface area contributed by atoms with Gasteiger partial charge in [0.15, 0.2) is 0 Å². The lowest BCUT2D eigenvalue weighted by atomic mass is 10.0. The van der Waals surface area contributed by atoms with Crippen molar-refractivity contribution in [1.29, 1.82) is 0 Å². The number of hydrogen-bond donors (Lipinski definition) is 1. The van der Waals surface area contributed by atoms with Crippen LogP contribution in [0.2, 0.25) is 0 Å². The van der Waals surface area contributed by atoms with E-state index in [1.807, 2.05) is 45.0 Å². The number of anilines is 1. The van der Waals surface area contributed by atoms with Crippen LogP contribution in [0.25, 0.3) is 0 Å². The van der Waals surface area contributed by atoms with Gasteiger partial charge in [0, 0.05) is 17.6 Å². The van der Waals surface area contributed by atoms with E-state index in [0.29, 0.717) is 17.7 Å². The fraction of sp³-hybridized carbons (Fsp3) is 0.296. The van der Waals surface area contributed by atoms with Crippen molar-refractivity contribution in [3.63, 3.8) is 0 Å². The first kappa shape index (κ1) is 23.1. The Kier molecular flexibility index (Phi) is 6.56. The average molecular weight is 463 g/mol. The molecule has 0 spiro atoms. The summed E-state index contributed by atoms with van der Waals surface area (Å²) in [5.41, 5.74) is 4.35. The number of fused-ring (bicyclic) bond motifs is 1. The van der Waals surface area contributed by atoms with Crippen LogP contribution in [-0.4, -0.2) is 26.4 Å². The summed E-state index contributed by atoms with van der Waals surface area (Å²) in [6.45, 7) is 5.84. The highest BCUT2D eigenvalue weighted by Gasteiger charge is 2.36. The molecule has 0 bridgehead atoms. The van der Waals surface area contributed by atoms with E-state index in [4.69, 9.17) is 0 Å². The second kappa shape index (κ2) is 9.40. The van der Waals surface area contributed by atoms with Gasteiger partial charge in [0.2, 0.25) is 0 Å². The summed E-state index contributed by atoms with van der Waals surface area (Å²) in [5.74, 6) is -0.133. The van der Waals surface area contributed by atoms with Crippen LogP contribution in [0.5, 0.6) is 0 Å². The molecule has 0 aliphatic carbocycles. The maximum Gasteiger partial charge on any atom is 0.264 e. The molecule has 0 fully saturated rings. The minimum Gasteiger partial charge on any atom is -0.350 e. The number of carbonyl (C=O) groups excluding carboxylic acids is 1. The second-order valence-corrected chi connectivity index (χ2v) is 10.7. The largest absolute Gasteiger partial charge is 0.350 e. The van der Waals surface area contributed by atoms with E-state index in [1.54, 1.807) is 36.4 Å². The highest BCUT2D eigenvalue weighted by Crippen LogP contribution is 2.37. The number of aryl methyl sites for hydroxylation is 2. The normalized spacial score (nSPS) is 16.3. The van der Waals surface area contributed by atoms with Crippen molar-refractivity contribution in [2.45, 2.75) is 57.0 Å². The predicted octanol–water partition coefficient (Wildman–Crippen LogP) is 4.89. The van der Waals surface area contributed by atoms with Gasteiger partial charge in [0.1, 0.15) is 0 Å². The van der Waals surface area contributed by atoms with Crippen molar-refractivity contribution >= 4 is 21.6 Å². The molecule has 0 unspecified atom stereocenters. The molecule has 1 aliphatic rings. The number of rotatable bonds is 7. The second-order valence-electron chi connectivity index (χ2n) is 8.91. The third-order valence-electron chi connectivity index (χ3n) is 6.16. The topological polar surface area (TPSA) is 66.5 Å². The van der Waals surface area contributed by atoms with Gasteiger partial charge in [-0.05, 0) is 81.5 Å². The van der Waals surface area contributed by atoms with Gasteiger partial charge in [-0.3, -0.25) is 9.10 Å². The van der Waals surface area contributed by atoms with Gasteiger partial charge < -0.3 is 5.32 Å². The van der Waals surface area contributed by atoms with Gasteiger partial charge in [0.05, 0.1) is 10.6 Å². The first-order chi connectivity index (χ1) is 15.8. The molecule has 3 aromatic rings. The summed E-state index contributed by atoms with van der Waals surface area (Å²) >= 11 is 0. The molecule has 172 valence electrons. The Morgan fingerprint density at radius 3 is 2.45 bits per heavy atom. The fourth-order valence-electron chi connectivity index (χ4n) is 4.34. The fourth-order valence-corrected chi connectivity index (χ4v) is 6.03. The first-order valence-corrected chi connectivity index (χ1v) is 12.8. The zero-order valence-corrected chi connectivity index (χ0v) is 20.1. The Morgan fingerprint density at radius 2 is 1.76 bits per heavy atom. The van der Waals surface area contributed by atoms with Gasteiger partial charge in [-0.1, -0.05) is 48.0 Å². The van der Waals surface area contributed by atoms with Crippen molar-refractivity contribution in [3.8, 4) is 0 Å². The molecular formula is C27H30N2O3S. The molecule has 0 saturated heterocycles. The molecule has 1 heterocycles. The number of hydrogen-bond acceptors (Lipinski definition) is 3. The molecule has 4 rings (SSSR count). The number of amides is 1. The molecule has 1 N–H and O–H groups in total.